The highest BCUT2D eigenvalue weighted by Gasteiger charge is 2.26. The van der Waals surface area contributed by atoms with Gasteiger partial charge in [0, 0.05) is 17.0 Å². The van der Waals surface area contributed by atoms with E-state index in [2.05, 4.69) is 17.9 Å². The molecule has 0 aliphatic carbocycles. The third-order valence-electron chi connectivity index (χ3n) is 3.81. The largest absolute Gasteiger partial charge is 0.369 e. The van der Waals surface area contributed by atoms with Crippen molar-refractivity contribution in [2.75, 3.05) is 13.1 Å². The van der Waals surface area contributed by atoms with E-state index in [0.29, 0.717) is 6.04 Å². The van der Waals surface area contributed by atoms with Crippen LogP contribution in [0.25, 0.3) is 0 Å². The number of rotatable bonds is 3. The summed E-state index contributed by atoms with van der Waals surface area (Å²) in [6, 6.07) is 8.29. The van der Waals surface area contributed by atoms with Gasteiger partial charge in [-0.25, -0.2) is 0 Å². The maximum atomic E-state index is 11.1. The lowest BCUT2D eigenvalue weighted by atomic mass is 9.94. The van der Waals surface area contributed by atoms with Crippen LogP contribution in [0.5, 0.6) is 0 Å². The molecule has 1 aromatic carbocycles. The molecule has 1 amide bonds. The number of benzene rings is 1. The van der Waals surface area contributed by atoms with Gasteiger partial charge in [-0.1, -0.05) is 23.7 Å². The molecule has 0 spiro atoms. The van der Waals surface area contributed by atoms with Crippen molar-refractivity contribution in [1.29, 1.82) is 0 Å². The fraction of sp³-hybridized carbons (Fsp3) is 0.500. The van der Waals surface area contributed by atoms with Gasteiger partial charge in [-0.2, -0.15) is 0 Å². The summed E-state index contributed by atoms with van der Waals surface area (Å²) in [7, 11) is 0. The van der Waals surface area contributed by atoms with Gasteiger partial charge < -0.3 is 5.73 Å². The van der Waals surface area contributed by atoms with Crippen molar-refractivity contribution in [3.63, 3.8) is 0 Å². The van der Waals surface area contributed by atoms with Crippen molar-refractivity contribution in [1.82, 2.24) is 4.90 Å². The maximum absolute atomic E-state index is 11.1. The Morgan fingerprint density at radius 3 is 2.67 bits per heavy atom. The number of carbonyl (C=O) groups excluding carboxylic acids is 1. The van der Waals surface area contributed by atoms with Gasteiger partial charge in [-0.15, -0.1) is 0 Å². The maximum Gasteiger partial charge on any atom is 0.220 e. The van der Waals surface area contributed by atoms with Crippen LogP contribution in [0.4, 0.5) is 0 Å². The molecule has 1 aliphatic rings. The number of hydrogen-bond donors (Lipinski definition) is 1. The first-order valence-electron chi connectivity index (χ1n) is 6.37. The summed E-state index contributed by atoms with van der Waals surface area (Å²) in [5.41, 5.74) is 6.57. The predicted octanol–water partition coefficient (Wildman–Crippen LogP) is 2.60. The first-order valence-corrected chi connectivity index (χ1v) is 6.74. The van der Waals surface area contributed by atoms with Crippen LogP contribution in [-0.4, -0.2) is 23.9 Å². The molecule has 1 aliphatic heterocycles. The van der Waals surface area contributed by atoms with Crippen LogP contribution < -0.4 is 5.73 Å². The third-order valence-corrected chi connectivity index (χ3v) is 4.05. The van der Waals surface area contributed by atoms with E-state index in [9.17, 15) is 4.79 Å². The Morgan fingerprint density at radius 1 is 1.44 bits per heavy atom. The average molecular weight is 267 g/mol. The predicted molar refractivity (Wildman–Crippen MR) is 73.4 cm³/mol. The molecule has 1 atom stereocenters. The Labute approximate surface area is 113 Å². The van der Waals surface area contributed by atoms with Crippen molar-refractivity contribution in [3.8, 4) is 0 Å². The van der Waals surface area contributed by atoms with E-state index >= 15 is 0 Å². The normalized spacial score (nSPS) is 19.7. The van der Waals surface area contributed by atoms with Crippen LogP contribution in [0.2, 0.25) is 5.02 Å². The van der Waals surface area contributed by atoms with Gasteiger partial charge in [-0.05, 0) is 50.6 Å². The summed E-state index contributed by atoms with van der Waals surface area (Å²) in [4.78, 5) is 13.5. The summed E-state index contributed by atoms with van der Waals surface area (Å²) in [6.45, 7) is 4.01. The second-order valence-corrected chi connectivity index (χ2v) is 5.38. The molecule has 1 heterocycles. The van der Waals surface area contributed by atoms with E-state index < -0.39 is 0 Å². The molecule has 1 aromatic rings. The zero-order valence-electron chi connectivity index (χ0n) is 10.6. The number of amides is 1. The Morgan fingerprint density at radius 2 is 2.11 bits per heavy atom. The Balaban J connectivity index is 1.99. The van der Waals surface area contributed by atoms with Crippen LogP contribution in [0.15, 0.2) is 24.3 Å². The van der Waals surface area contributed by atoms with Crippen LogP contribution >= 0.6 is 11.6 Å². The van der Waals surface area contributed by atoms with Gasteiger partial charge in [-0.3, -0.25) is 9.69 Å². The van der Waals surface area contributed by atoms with Crippen molar-refractivity contribution in [2.24, 2.45) is 11.7 Å². The molecule has 4 heteroatoms. The zero-order valence-corrected chi connectivity index (χ0v) is 11.4. The van der Waals surface area contributed by atoms with Crippen LogP contribution in [-0.2, 0) is 4.79 Å². The van der Waals surface area contributed by atoms with Crippen molar-refractivity contribution < 1.29 is 4.79 Å². The Hall–Kier alpha value is -1.06. The lowest BCUT2D eigenvalue weighted by molar-refractivity contribution is -0.123. The number of nitrogens with zero attached hydrogens (tertiary/aromatic N) is 1. The van der Waals surface area contributed by atoms with E-state index in [0.717, 1.165) is 31.0 Å². The zero-order chi connectivity index (χ0) is 13.1. The summed E-state index contributed by atoms with van der Waals surface area (Å²) in [6.07, 6.45) is 1.72. The number of piperidine rings is 1. The Kier molecular flexibility index (Phi) is 4.25. The molecule has 0 saturated carbocycles. The number of hydrogen-bond acceptors (Lipinski definition) is 2. The molecular formula is C14H19ClN2O. The average Bonchev–Trinajstić information content (AvgIpc) is 2.38. The Bertz CT molecular complexity index is 428. The lowest BCUT2D eigenvalue weighted by Crippen LogP contribution is -2.39. The van der Waals surface area contributed by atoms with Gasteiger partial charge in [0.05, 0.1) is 0 Å². The minimum atomic E-state index is -0.162. The highest BCUT2D eigenvalue weighted by atomic mass is 35.5. The third kappa shape index (κ3) is 3.03. The molecule has 0 radical (unpaired) electrons. The van der Waals surface area contributed by atoms with Crippen LogP contribution in [0.3, 0.4) is 0 Å². The van der Waals surface area contributed by atoms with Crippen molar-refractivity contribution in [2.45, 2.75) is 25.8 Å². The lowest BCUT2D eigenvalue weighted by Gasteiger charge is -2.35. The van der Waals surface area contributed by atoms with Crippen LogP contribution in [0, 0.1) is 5.92 Å². The van der Waals surface area contributed by atoms with E-state index in [1.165, 1.54) is 5.56 Å². The minimum absolute atomic E-state index is 0.0489. The number of nitrogens with two attached hydrogens (primary N) is 1. The first kappa shape index (κ1) is 13.4. The highest BCUT2D eigenvalue weighted by molar-refractivity contribution is 6.30. The summed E-state index contributed by atoms with van der Waals surface area (Å²) >= 11 is 6.01. The van der Waals surface area contributed by atoms with E-state index in [1.807, 2.05) is 18.2 Å². The fourth-order valence-electron chi connectivity index (χ4n) is 2.55. The molecule has 2 N–H and O–H groups in total. The van der Waals surface area contributed by atoms with E-state index in [4.69, 9.17) is 17.3 Å². The first-order chi connectivity index (χ1) is 8.58. The minimum Gasteiger partial charge on any atom is -0.369 e. The number of primary amides is 1. The molecule has 1 fully saturated rings. The molecule has 0 unspecified atom stereocenters. The molecule has 0 aromatic heterocycles. The summed E-state index contributed by atoms with van der Waals surface area (Å²) < 4.78 is 0. The highest BCUT2D eigenvalue weighted by Crippen LogP contribution is 2.27. The summed E-state index contributed by atoms with van der Waals surface area (Å²) in [5, 5.41) is 0.770. The topological polar surface area (TPSA) is 46.3 Å². The van der Waals surface area contributed by atoms with Gasteiger partial charge in [0.15, 0.2) is 0 Å². The number of halogens is 1. The number of carbonyl (C=O) groups is 1. The van der Waals surface area contributed by atoms with Crippen molar-refractivity contribution in [3.05, 3.63) is 34.9 Å². The number of likely N-dealkylation sites (tertiary alicyclic amines) is 1. The second kappa shape index (κ2) is 5.72. The van der Waals surface area contributed by atoms with Gasteiger partial charge in [0.1, 0.15) is 0 Å². The summed E-state index contributed by atoms with van der Waals surface area (Å²) in [5.74, 6) is -0.113. The van der Waals surface area contributed by atoms with Gasteiger partial charge in [0.2, 0.25) is 5.91 Å². The van der Waals surface area contributed by atoms with Gasteiger partial charge in [0.25, 0.3) is 0 Å². The van der Waals surface area contributed by atoms with E-state index in [-0.39, 0.29) is 11.8 Å². The quantitative estimate of drug-likeness (QED) is 0.914. The molecule has 98 valence electrons. The fourth-order valence-corrected chi connectivity index (χ4v) is 2.75. The molecular weight excluding hydrogens is 248 g/mol. The van der Waals surface area contributed by atoms with Crippen LogP contribution in [0.1, 0.15) is 31.4 Å². The SMILES string of the molecule is C[C@@H](c1cccc(Cl)c1)N1CCC(C(N)=O)CC1. The molecule has 1 saturated heterocycles. The molecule has 3 nitrogen and oxygen atoms in total. The van der Waals surface area contributed by atoms with Crippen molar-refractivity contribution >= 4 is 17.5 Å². The molecule has 18 heavy (non-hydrogen) atoms. The standard InChI is InChI=1S/C14H19ClN2O/c1-10(12-3-2-4-13(15)9-12)17-7-5-11(6-8-17)14(16)18/h2-4,9-11H,5-8H2,1H3,(H2,16,18)/t10-/m0/s1. The second-order valence-electron chi connectivity index (χ2n) is 4.94. The van der Waals surface area contributed by atoms with Gasteiger partial charge >= 0.3 is 0 Å². The monoisotopic (exact) mass is 266 g/mol. The smallest absolute Gasteiger partial charge is 0.220 e. The molecule has 0 bridgehead atoms. The molecule has 2 rings (SSSR count). The van der Waals surface area contributed by atoms with E-state index in [1.54, 1.807) is 0 Å².